The third-order valence-corrected chi connectivity index (χ3v) is 10.5. The van der Waals surface area contributed by atoms with Crippen LogP contribution in [-0.4, -0.2) is 54.3 Å². The summed E-state index contributed by atoms with van der Waals surface area (Å²) in [6.07, 6.45) is 60.5. The van der Waals surface area contributed by atoms with E-state index in [0.29, 0.717) is 6.42 Å². The van der Waals surface area contributed by atoms with Crippen LogP contribution in [-0.2, 0) is 27.9 Å². The molecule has 0 bridgehead atoms. The number of hydrogen-bond donors (Lipinski definition) is 3. The van der Waals surface area contributed by atoms with E-state index in [1.54, 1.807) is 0 Å². The molecule has 0 rings (SSSR count). The molecule has 2 atom stereocenters. The van der Waals surface area contributed by atoms with E-state index in [1.807, 2.05) is 0 Å². The van der Waals surface area contributed by atoms with Gasteiger partial charge in [0.25, 0.3) is 0 Å². The molecule has 9 nitrogen and oxygen atoms in total. The van der Waals surface area contributed by atoms with Crippen LogP contribution in [0, 0.1) is 0 Å². The number of phosphoric acid groups is 1. The molecule has 0 heterocycles. The van der Waals surface area contributed by atoms with Gasteiger partial charge in [-0.25, -0.2) is 4.57 Å². The molecule has 0 aromatic rings. The van der Waals surface area contributed by atoms with Crippen LogP contribution in [0.2, 0.25) is 0 Å². The highest BCUT2D eigenvalue weighted by atomic mass is 31.2. The fraction of sp³-hybridized carbons (Fsp3) is 0.647. The quantitative estimate of drug-likeness (QED) is 0.0239. The SMILES string of the molecule is CC/C=C\C/C=C\C/C=C\C/C=C\C/C=C\CCCCCCCCCC(=O)NCCOP(=O)(O)OCC(O)COC(=O)CCCCCCCCC/C=C\C/C=C\C/C=C\CC. The van der Waals surface area contributed by atoms with Crippen molar-refractivity contribution in [3.05, 3.63) is 97.2 Å². The number of rotatable bonds is 43. The van der Waals surface area contributed by atoms with Crippen molar-refractivity contribution in [1.82, 2.24) is 5.32 Å². The Balaban J connectivity index is 3.64. The number of carbonyl (C=O) groups is 2. The summed E-state index contributed by atoms with van der Waals surface area (Å²) >= 11 is 0. The minimum absolute atomic E-state index is 0.0680. The second-order valence-electron chi connectivity index (χ2n) is 15.3. The van der Waals surface area contributed by atoms with Crippen LogP contribution in [0.4, 0.5) is 0 Å². The summed E-state index contributed by atoms with van der Waals surface area (Å²) in [5.41, 5.74) is 0. The Morgan fingerprint density at radius 3 is 1.33 bits per heavy atom. The number of unbranched alkanes of at least 4 members (excludes halogenated alkanes) is 14. The third-order valence-electron chi connectivity index (χ3n) is 9.51. The monoisotopic (exact) mass is 872 g/mol. The lowest BCUT2D eigenvalue weighted by atomic mass is 10.1. The molecular weight excluding hydrogens is 786 g/mol. The van der Waals surface area contributed by atoms with Gasteiger partial charge in [-0.15, -0.1) is 0 Å². The Morgan fingerprint density at radius 1 is 0.508 bits per heavy atom. The molecule has 0 saturated heterocycles. The normalized spacial score (nSPS) is 14.1. The molecule has 0 aliphatic rings. The summed E-state index contributed by atoms with van der Waals surface area (Å²) in [5, 5.41) is 12.7. The average Bonchev–Trinajstić information content (AvgIpc) is 3.25. The van der Waals surface area contributed by atoms with Gasteiger partial charge in [0.1, 0.15) is 12.7 Å². The van der Waals surface area contributed by atoms with Crippen LogP contribution in [0.15, 0.2) is 97.2 Å². The smallest absolute Gasteiger partial charge is 0.463 e. The summed E-state index contributed by atoms with van der Waals surface area (Å²) in [4.78, 5) is 34.0. The number of hydrogen-bond acceptors (Lipinski definition) is 7. The zero-order valence-corrected chi connectivity index (χ0v) is 39.2. The molecule has 1 amide bonds. The van der Waals surface area contributed by atoms with E-state index in [9.17, 15) is 24.2 Å². The number of nitrogens with one attached hydrogen (secondary N) is 1. The predicted octanol–water partition coefficient (Wildman–Crippen LogP) is 13.8. The van der Waals surface area contributed by atoms with E-state index >= 15 is 0 Å². The van der Waals surface area contributed by atoms with E-state index in [2.05, 4.69) is 116 Å². The number of ether oxygens (including phenoxy) is 1. The lowest BCUT2D eigenvalue weighted by molar-refractivity contribution is -0.147. The van der Waals surface area contributed by atoms with Gasteiger partial charge in [0.2, 0.25) is 5.91 Å². The summed E-state index contributed by atoms with van der Waals surface area (Å²) in [6, 6.07) is 0. The second-order valence-corrected chi connectivity index (χ2v) is 16.8. The molecule has 61 heavy (non-hydrogen) atoms. The van der Waals surface area contributed by atoms with Gasteiger partial charge < -0.3 is 20.1 Å². The Labute approximate surface area is 372 Å². The van der Waals surface area contributed by atoms with Crippen molar-refractivity contribution < 1.29 is 37.9 Å². The molecule has 0 radical (unpaired) electrons. The topological polar surface area (TPSA) is 131 Å². The number of phosphoric ester groups is 1. The van der Waals surface area contributed by atoms with Crippen molar-refractivity contribution in [2.75, 3.05) is 26.4 Å². The zero-order chi connectivity index (χ0) is 44.6. The first-order valence-electron chi connectivity index (χ1n) is 23.7. The lowest BCUT2D eigenvalue weighted by Crippen LogP contribution is -2.27. The molecular formula is C51H86NO8P. The van der Waals surface area contributed by atoms with Gasteiger partial charge in [0, 0.05) is 19.4 Å². The molecule has 0 aliphatic heterocycles. The van der Waals surface area contributed by atoms with E-state index in [1.165, 1.54) is 44.9 Å². The highest BCUT2D eigenvalue weighted by molar-refractivity contribution is 7.47. The molecule has 0 aromatic carbocycles. The van der Waals surface area contributed by atoms with Gasteiger partial charge in [-0.05, 0) is 89.9 Å². The first-order chi connectivity index (χ1) is 29.8. The van der Waals surface area contributed by atoms with Crippen LogP contribution >= 0.6 is 7.82 Å². The summed E-state index contributed by atoms with van der Waals surface area (Å²) in [5.74, 6) is -0.544. The maximum absolute atomic E-state index is 12.1. The number of aliphatic hydroxyl groups is 1. The van der Waals surface area contributed by atoms with Gasteiger partial charge in [0.05, 0.1) is 13.2 Å². The summed E-state index contributed by atoms with van der Waals surface area (Å²) < 4.78 is 26.9. The van der Waals surface area contributed by atoms with E-state index in [-0.39, 0.29) is 32.1 Å². The van der Waals surface area contributed by atoms with Crippen molar-refractivity contribution in [2.24, 2.45) is 0 Å². The molecule has 0 fully saturated rings. The first kappa shape index (κ1) is 57.9. The van der Waals surface area contributed by atoms with Crippen molar-refractivity contribution >= 4 is 19.7 Å². The zero-order valence-electron chi connectivity index (χ0n) is 38.3. The predicted molar refractivity (Wildman–Crippen MR) is 256 cm³/mol. The molecule has 3 N–H and O–H groups in total. The van der Waals surface area contributed by atoms with Crippen molar-refractivity contribution in [1.29, 1.82) is 0 Å². The largest absolute Gasteiger partial charge is 0.472 e. The minimum atomic E-state index is -4.43. The molecule has 10 heteroatoms. The fourth-order valence-electron chi connectivity index (χ4n) is 6.01. The molecule has 0 aromatic heterocycles. The van der Waals surface area contributed by atoms with Crippen molar-refractivity contribution in [3.63, 3.8) is 0 Å². The minimum Gasteiger partial charge on any atom is -0.463 e. The van der Waals surface area contributed by atoms with E-state index < -0.39 is 26.5 Å². The lowest BCUT2D eigenvalue weighted by Gasteiger charge is -2.15. The van der Waals surface area contributed by atoms with Crippen molar-refractivity contribution in [3.8, 4) is 0 Å². The van der Waals surface area contributed by atoms with Gasteiger partial charge in [-0.3, -0.25) is 18.6 Å². The number of carbonyl (C=O) groups excluding carboxylic acids is 2. The first-order valence-corrected chi connectivity index (χ1v) is 25.2. The fourth-order valence-corrected chi connectivity index (χ4v) is 6.77. The maximum atomic E-state index is 12.1. The molecule has 0 saturated carbocycles. The van der Waals surface area contributed by atoms with Gasteiger partial charge in [-0.1, -0.05) is 175 Å². The number of allylic oxidation sites excluding steroid dienone is 16. The Hall–Kier alpha value is -3.07. The molecule has 348 valence electrons. The molecule has 2 unspecified atom stereocenters. The Bertz CT molecular complexity index is 1320. The highest BCUT2D eigenvalue weighted by Gasteiger charge is 2.23. The van der Waals surface area contributed by atoms with Crippen LogP contribution in [0.25, 0.3) is 0 Å². The van der Waals surface area contributed by atoms with Gasteiger partial charge >= 0.3 is 13.8 Å². The summed E-state index contributed by atoms with van der Waals surface area (Å²) in [7, 11) is -4.43. The standard InChI is InChI=1S/C51H86NO8P/c1-3-5-7-9-11-13-15-17-19-21-22-23-24-25-26-28-29-31-33-35-37-39-41-43-50(54)52-45-46-59-61(56,57)60-48-49(53)47-58-51(55)44-42-40-38-36-34-32-30-27-20-18-16-14-12-10-8-6-4-2/h5-8,11-14,17-20,22-23,25-26,49,53H,3-4,9-10,15-16,21,24,27-48H2,1-2H3,(H,52,54)(H,56,57)/b7-5-,8-6-,13-11-,14-12-,19-17-,20-18-,23-22-,26-25-. The van der Waals surface area contributed by atoms with Crippen LogP contribution in [0.3, 0.4) is 0 Å². The van der Waals surface area contributed by atoms with E-state index in [0.717, 1.165) is 109 Å². The Morgan fingerprint density at radius 2 is 0.885 bits per heavy atom. The van der Waals surface area contributed by atoms with E-state index in [4.69, 9.17) is 13.8 Å². The van der Waals surface area contributed by atoms with Gasteiger partial charge in [0.15, 0.2) is 0 Å². The van der Waals surface area contributed by atoms with Crippen LogP contribution in [0.1, 0.15) is 181 Å². The van der Waals surface area contributed by atoms with Crippen molar-refractivity contribution in [2.45, 2.75) is 187 Å². The van der Waals surface area contributed by atoms with Gasteiger partial charge in [-0.2, -0.15) is 0 Å². The third kappa shape index (κ3) is 47.8. The number of amides is 1. The number of aliphatic hydroxyl groups excluding tert-OH is 1. The van der Waals surface area contributed by atoms with Crippen LogP contribution in [0.5, 0.6) is 0 Å². The second kappa shape index (κ2) is 46.4. The molecule has 0 spiro atoms. The average molecular weight is 872 g/mol. The Kier molecular flexibility index (Phi) is 44.1. The highest BCUT2D eigenvalue weighted by Crippen LogP contribution is 2.42. The molecule has 0 aliphatic carbocycles. The van der Waals surface area contributed by atoms with Crippen LogP contribution < -0.4 is 5.32 Å². The number of esters is 1. The maximum Gasteiger partial charge on any atom is 0.472 e. The summed E-state index contributed by atoms with van der Waals surface area (Å²) in [6.45, 7) is 3.29.